The van der Waals surface area contributed by atoms with Gasteiger partial charge >= 0.3 is 0 Å². The van der Waals surface area contributed by atoms with Gasteiger partial charge in [0.2, 0.25) is 0 Å². The van der Waals surface area contributed by atoms with Crippen LogP contribution < -0.4 is 0 Å². The second kappa shape index (κ2) is 11.1. The highest BCUT2D eigenvalue weighted by molar-refractivity contribution is 5.38. The maximum atomic E-state index is 10.2. The second-order valence-electron chi connectivity index (χ2n) is 12.0. The van der Waals surface area contributed by atoms with E-state index in [1.807, 2.05) is 13.8 Å². The highest BCUT2D eigenvalue weighted by Crippen LogP contribution is 2.59. The van der Waals surface area contributed by atoms with Crippen molar-refractivity contribution in [3.05, 3.63) is 47.6 Å². The number of aliphatic hydroxyl groups excluding tert-OH is 2. The summed E-state index contributed by atoms with van der Waals surface area (Å²) < 4.78 is 0. The van der Waals surface area contributed by atoms with Crippen molar-refractivity contribution in [1.82, 2.24) is 0 Å². The fourth-order valence-electron chi connectivity index (χ4n) is 6.87. The van der Waals surface area contributed by atoms with Gasteiger partial charge < -0.3 is 15.3 Å². The fourth-order valence-corrected chi connectivity index (χ4v) is 6.87. The summed E-state index contributed by atoms with van der Waals surface area (Å²) in [5.41, 5.74) is 3.16. The minimum absolute atomic E-state index is 0.357. The molecule has 0 amide bonds. The van der Waals surface area contributed by atoms with Gasteiger partial charge in [0.05, 0.1) is 17.8 Å². The molecule has 0 unspecified atom stereocenters. The van der Waals surface area contributed by atoms with E-state index < -0.39 is 17.8 Å². The largest absolute Gasteiger partial charge is 0.393 e. The quantitative estimate of drug-likeness (QED) is 0.283. The lowest BCUT2D eigenvalue weighted by Gasteiger charge is -2.44. The van der Waals surface area contributed by atoms with Gasteiger partial charge in [0, 0.05) is 6.42 Å². The number of unbranched alkanes of at least 4 members (excludes halogenated alkanes) is 2. The molecule has 0 bridgehead atoms. The summed E-state index contributed by atoms with van der Waals surface area (Å²) in [5, 5.41) is 30.1. The normalized spacial score (nSPS) is 36.6. The average molecular weight is 457 g/mol. The Kier molecular flexibility index (Phi) is 8.86. The summed E-state index contributed by atoms with van der Waals surface area (Å²) in [6.45, 7) is 12.8. The zero-order valence-electron chi connectivity index (χ0n) is 21.5. The van der Waals surface area contributed by atoms with Crippen LogP contribution >= 0.6 is 0 Å². The number of allylic oxidation sites excluding steroid dienone is 5. The molecule has 0 radical (unpaired) electrons. The van der Waals surface area contributed by atoms with E-state index in [0.717, 1.165) is 42.7 Å². The lowest BCUT2D eigenvalue weighted by atomic mass is 9.61. The van der Waals surface area contributed by atoms with Gasteiger partial charge in [-0.2, -0.15) is 0 Å². The summed E-state index contributed by atoms with van der Waals surface area (Å²) in [6.07, 6.45) is 19.7. The van der Waals surface area contributed by atoms with Crippen molar-refractivity contribution in [2.24, 2.45) is 23.2 Å². The molecule has 0 aromatic rings. The number of fused-ring (bicyclic) bond motifs is 1. The molecule has 3 heteroatoms. The van der Waals surface area contributed by atoms with Crippen LogP contribution in [-0.4, -0.2) is 33.1 Å². The molecule has 3 nitrogen and oxygen atoms in total. The molecular weight excluding hydrogens is 408 g/mol. The maximum Gasteiger partial charge on any atom is 0.0811 e. The van der Waals surface area contributed by atoms with Gasteiger partial charge in [0.1, 0.15) is 0 Å². The molecule has 0 spiro atoms. The Morgan fingerprint density at radius 3 is 2.67 bits per heavy atom. The van der Waals surface area contributed by atoms with E-state index in [-0.39, 0.29) is 0 Å². The minimum Gasteiger partial charge on any atom is -0.393 e. The van der Waals surface area contributed by atoms with Crippen molar-refractivity contribution >= 4 is 0 Å². The van der Waals surface area contributed by atoms with E-state index >= 15 is 0 Å². The highest BCUT2D eigenvalue weighted by Gasteiger charge is 2.50. The Hall–Kier alpha value is -1.16. The van der Waals surface area contributed by atoms with Crippen molar-refractivity contribution in [2.75, 3.05) is 0 Å². The van der Waals surface area contributed by atoms with Crippen molar-refractivity contribution in [1.29, 1.82) is 0 Å². The zero-order valence-corrected chi connectivity index (χ0v) is 21.5. The van der Waals surface area contributed by atoms with Crippen molar-refractivity contribution in [3.63, 3.8) is 0 Å². The van der Waals surface area contributed by atoms with Crippen LogP contribution in [0.3, 0.4) is 0 Å². The van der Waals surface area contributed by atoms with E-state index in [4.69, 9.17) is 0 Å². The molecule has 3 N–H and O–H groups in total. The van der Waals surface area contributed by atoms with Gasteiger partial charge in [-0.25, -0.2) is 0 Å². The van der Waals surface area contributed by atoms with Crippen molar-refractivity contribution in [3.8, 4) is 0 Å². The lowest BCUT2D eigenvalue weighted by Crippen LogP contribution is -2.35. The van der Waals surface area contributed by atoms with Crippen molar-refractivity contribution in [2.45, 2.75) is 116 Å². The number of aliphatic hydroxyl groups is 3. The molecule has 186 valence electrons. The van der Waals surface area contributed by atoms with E-state index in [1.54, 1.807) is 5.57 Å². The molecule has 3 saturated carbocycles. The monoisotopic (exact) mass is 456 g/mol. The molecule has 3 fully saturated rings. The summed E-state index contributed by atoms with van der Waals surface area (Å²) >= 11 is 0. The predicted molar refractivity (Wildman–Crippen MR) is 138 cm³/mol. The summed E-state index contributed by atoms with van der Waals surface area (Å²) in [5.74, 6) is 1.96. The molecule has 3 aliphatic rings. The smallest absolute Gasteiger partial charge is 0.0811 e. The van der Waals surface area contributed by atoms with E-state index in [9.17, 15) is 15.3 Å². The molecule has 3 rings (SSSR count). The second-order valence-corrected chi connectivity index (χ2v) is 12.0. The van der Waals surface area contributed by atoms with E-state index in [2.05, 4.69) is 44.7 Å². The van der Waals surface area contributed by atoms with E-state index in [1.165, 1.54) is 32.1 Å². The first kappa shape index (κ1) is 26.4. The topological polar surface area (TPSA) is 60.7 Å². The fraction of sp³-hybridized carbons (Fsp3) is 0.733. The first-order valence-corrected chi connectivity index (χ1v) is 13.3. The SMILES string of the molecule is C=C1/C(=C\C=C2/CCC[C@]3(C)[C@@H]([C@H](C)/C=C\CCCCC(C)(C)O)CC[C@@H]23)C[C@@H](O)C[C@@H]1O. The van der Waals surface area contributed by atoms with Gasteiger partial charge in [0.25, 0.3) is 0 Å². The van der Waals surface area contributed by atoms with Crippen molar-refractivity contribution < 1.29 is 15.3 Å². The maximum absolute atomic E-state index is 10.2. The van der Waals surface area contributed by atoms with Gasteiger partial charge in [-0.1, -0.05) is 56.7 Å². The van der Waals surface area contributed by atoms with Crippen LogP contribution in [0.1, 0.15) is 98.3 Å². The molecule has 0 aromatic carbocycles. The molecule has 0 aromatic heterocycles. The van der Waals surface area contributed by atoms with Gasteiger partial charge in [-0.15, -0.1) is 0 Å². The third kappa shape index (κ3) is 6.71. The van der Waals surface area contributed by atoms with Crippen LogP contribution in [0.4, 0.5) is 0 Å². The van der Waals surface area contributed by atoms with Crippen LogP contribution in [0.15, 0.2) is 47.6 Å². The van der Waals surface area contributed by atoms with Crippen LogP contribution in [0, 0.1) is 23.2 Å². The number of hydrogen-bond acceptors (Lipinski definition) is 3. The number of hydrogen-bond donors (Lipinski definition) is 3. The number of rotatable bonds is 8. The first-order chi connectivity index (χ1) is 15.5. The zero-order chi connectivity index (χ0) is 24.2. The summed E-state index contributed by atoms with van der Waals surface area (Å²) in [4.78, 5) is 0. The Morgan fingerprint density at radius 2 is 1.94 bits per heavy atom. The Bertz CT molecular complexity index is 768. The third-order valence-electron chi connectivity index (χ3n) is 8.79. The van der Waals surface area contributed by atoms with Crippen LogP contribution in [0.2, 0.25) is 0 Å². The van der Waals surface area contributed by atoms with Gasteiger partial charge in [-0.3, -0.25) is 0 Å². The molecule has 6 atom stereocenters. The van der Waals surface area contributed by atoms with Crippen LogP contribution in [-0.2, 0) is 0 Å². The molecule has 33 heavy (non-hydrogen) atoms. The average Bonchev–Trinajstić information content (AvgIpc) is 3.08. The van der Waals surface area contributed by atoms with Crippen LogP contribution in [0.5, 0.6) is 0 Å². The predicted octanol–water partition coefficient (Wildman–Crippen LogP) is 6.65. The van der Waals surface area contributed by atoms with Crippen LogP contribution in [0.25, 0.3) is 0 Å². The Morgan fingerprint density at radius 1 is 1.18 bits per heavy atom. The van der Waals surface area contributed by atoms with E-state index in [0.29, 0.717) is 30.1 Å². The first-order valence-electron chi connectivity index (χ1n) is 13.3. The molecule has 0 heterocycles. The Balaban J connectivity index is 1.62. The molecule has 0 saturated heterocycles. The standard InChI is InChI=1S/C30H48O3/c1-21(11-8-6-7-9-17-29(3,4)33)26-15-16-27-23(12-10-18-30(26,27)5)13-14-24-19-25(31)20-28(32)22(24)2/h8,11,13-14,21,25-28,31-33H,2,6-7,9-10,12,15-20H2,1,3-5H3/b11-8-,23-13+,24-14-/t21-,25-,26-,27+,28+,30-/m1/s1. The van der Waals surface area contributed by atoms with Gasteiger partial charge in [-0.05, 0) is 106 Å². The highest BCUT2D eigenvalue weighted by atomic mass is 16.3. The minimum atomic E-state index is -0.617. The molecular formula is C30H48O3. The van der Waals surface area contributed by atoms with Gasteiger partial charge in [0.15, 0.2) is 0 Å². The third-order valence-corrected chi connectivity index (χ3v) is 8.79. The summed E-state index contributed by atoms with van der Waals surface area (Å²) in [6, 6.07) is 0. The lowest BCUT2D eigenvalue weighted by molar-refractivity contribution is 0.0683. The summed E-state index contributed by atoms with van der Waals surface area (Å²) in [7, 11) is 0. The molecule has 3 aliphatic carbocycles. The Labute approximate surface area is 202 Å². The molecule has 0 aliphatic heterocycles.